The molecular formula is C17H22N4O3S2. The first-order valence-electron chi connectivity index (χ1n) is 9.07. The molecule has 1 aliphatic carbocycles. The number of piperidine rings is 1. The monoisotopic (exact) mass is 394 g/mol. The van der Waals surface area contributed by atoms with Gasteiger partial charge in [0, 0.05) is 19.1 Å². The predicted molar refractivity (Wildman–Crippen MR) is 99.3 cm³/mol. The summed E-state index contributed by atoms with van der Waals surface area (Å²) in [6, 6.07) is 5.27. The summed E-state index contributed by atoms with van der Waals surface area (Å²) in [5.41, 5.74) is 0.999. The van der Waals surface area contributed by atoms with Crippen LogP contribution in [0.15, 0.2) is 23.1 Å². The molecule has 1 aromatic heterocycles. The lowest BCUT2D eigenvalue weighted by Gasteiger charge is -2.31. The van der Waals surface area contributed by atoms with E-state index in [-0.39, 0.29) is 29.3 Å². The second-order valence-corrected chi connectivity index (χ2v) is 9.52. The van der Waals surface area contributed by atoms with Gasteiger partial charge in [-0.2, -0.15) is 13.1 Å². The Morgan fingerprint density at radius 2 is 1.96 bits per heavy atom. The Balaban J connectivity index is 1.53. The van der Waals surface area contributed by atoms with E-state index in [1.54, 1.807) is 18.2 Å². The summed E-state index contributed by atoms with van der Waals surface area (Å²) < 4.78 is 36.0. The third-order valence-electron chi connectivity index (χ3n) is 5.32. The summed E-state index contributed by atoms with van der Waals surface area (Å²) in [5, 5.41) is 3.10. The average molecular weight is 395 g/mol. The molecule has 2 heterocycles. The fourth-order valence-electron chi connectivity index (χ4n) is 3.89. The number of hydrogen-bond acceptors (Lipinski definition) is 6. The van der Waals surface area contributed by atoms with Crippen molar-refractivity contribution in [3.8, 4) is 0 Å². The van der Waals surface area contributed by atoms with Gasteiger partial charge in [-0.15, -0.1) is 0 Å². The summed E-state index contributed by atoms with van der Waals surface area (Å²) in [7, 11) is -3.69. The van der Waals surface area contributed by atoms with Crippen molar-refractivity contribution in [2.75, 3.05) is 13.1 Å². The van der Waals surface area contributed by atoms with Crippen molar-refractivity contribution in [2.24, 2.45) is 5.92 Å². The molecule has 1 atom stereocenters. The first kappa shape index (κ1) is 17.8. The van der Waals surface area contributed by atoms with Crippen LogP contribution in [0.25, 0.3) is 11.0 Å². The van der Waals surface area contributed by atoms with Crippen molar-refractivity contribution < 1.29 is 13.2 Å². The molecule has 1 saturated heterocycles. The zero-order valence-electron chi connectivity index (χ0n) is 14.4. The van der Waals surface area contributed by atoms with E-state index >= 15 is 0 Å². The number of nitrogens with one attached hydrogen (secondary N) is 1. The highest BCUT2D eigenvalue weighted by atomic mass is 32.2. The quantitative estimate of drug-likeness (QED) is 0.858. The molecule has 0 radical (unpaired) electrons. The number of rotatable bonds is 4. The number of fused-ring (bicyclic) bond motifs is 1. The van der Waals surface area contributed by atoms with E-state index in [0.29, 0.717) is 24.0 Å². The highest BCUT2D eigenvalue weighted by molar-refractivity contribution is 7.89. The maximum atomic E-state index is 13.1. The number of benzene rings is 1. The van der Waals surface area contributed by atoms with Crippen molar-refractivity contribution in [1.29, 1.82) is 0 Å². The van der Waals surface area contributed by atoms with E-state index in [0.717, 1.165) is 43.8 Å². The predicted octanol–water partition coefficient (Wildman–Crippen LogP) is 2.15. The number of carbonyl (C=O) groups excluding carboxylic acids is 1. The largest absolute Gasteiger partial charge is 0.353 e. The number of hydrogen-bond donors (Lipinski definition) is 1. The van der Waals surface area contributed by atoms with Crippen LogP contribution in [-0.2, 0) is 14.8 Å². The lowest BCUT2D eigenvalue weighted by molar-refractivity contribution is -0.126. The maximum absolute atomic E-state index is 13.1. The van der Waals surface area contributed by atoms with E-state index in [1.165, 1.54) is 4.31 Å². The van der Waals surface area contributed by atoms with Gasteiger partial charge < -0.3 is 5.32 Å². The molecule has 26 heavy (non-hydrogen) atoms. The van der Waals surface area contributed by atoms with E-state index in [9.17, 15) is 13.2 Å². The minimum absolute atomic E-state index is 0.00895. The van der Waals surface area contributed by atoms with Gasteiger partial charge in [-0.05, 0) is 37.8 Å². The molecule has 140 valence electrons. The maximum Gasteiger partial charge on any atom is 0.245 e. The second-order valence-electron chi connectivity index (χ2n) is 7.08. The zero-order valence-corrected chi connectivity index (χ0v) is 16.1. The summed E-state index contributed by atoms with van der Waals surface area (Å²) in [4.78, 5) is 12.8. The fourth-order valence-corrected chi connectivity index (χ4v) is 6.17. The van der Waals surface area contributed by atoms with Gasteiger partial charge >= 0.3 is 0 Å². The molecule has 9 heteroatoms. The lowest BCUT2D eigenvalue weighted by Crippen LogP contribution is -2.47. The summed E-state index contributed by atoms with van der Waals surface area (Å²) in [5.74, 6) is -0.294. The van der Waals surface area contributed by atoms with Crippen molar-refractivity contribution in [1.82, 2.24) is 18.4 Å². The van der Waals surface area contributed by atoms with Gasteiger partial charge in [0.1, 0.15) is 15.9 Å². The summed E-state index contributed by atoms with van der Waals surface area (Å²) in [6.07, 6.45) is 5.78. The Hall–Kier alpha value is -1.58. The van der Waals surface area contributed by atoms with Crippen LogP contribution in [0.1, 0.15) is 38.5 Å². The minimum atomic E-state index is -3.69. The molecule has 0 bridgehead atoms. The highest BCUT2D eigenvalue weighted by Gasteiger charge is 2.35. The Bertz CT molecular complexity index is 906. The number of sulfonamides is 1. The van der Waals surface area contributed by atoms with Gasteiger partial charge in [-0.1, -0.05) is 18.9 Å². The molecule has 1 amide bonds. The molecule has 4 rings (SSSR count). The van der Waals surface area contributed by atoms with E-state index < -0.39 is 10.0 Å². The lowest BCUT2D eigenvalue weighted by atomic mass is 9.98. The number of amides is 1. The van der Waals surface area contributed by atoms with Crippen molar-refractivity contribution in [3.63, 3.8) is 0 Å². The van der Waals surface area contributed by atoms with Crippen LogP contribution in [0.5, 0.6) is 0 Å². The molecular weight excluding hydrogens is 372 g/mol. The number of carbonyl (C=O) groups is 1. The van der Waals surface area contributed by atoms with Gasteiger partial charge in [0.25, 0.3) is 0 Å². The van der Waals surface area contributed by atoms with Crippen molar-refractivity contribution in [2.45, 2.75) is 49.5 Å². The van der Waals surface area contributed by atoms with Crippen LogP contribution < -0.4 is 5.32 Å². The van der Waals surface area contributed by atoms with Gasteiger partial charge in [-0.25, -0.2) is 8.42 Å². The van der Waals surface area contributed by atoms with Gasteiger partial charge in [0.15, 0.2) is 0 Å². The summed E-state index contributed by atoms with van der Waals surface area (Å²) >= 11 is 1.01. The van der Waals surface area contributed by atoms with Crippen LogP contribution in [0.3, 0.4) is 0 Å². The van der Waals surface area contributed by atoms with Crippen LogP contribution in [0.2, 0.25) is 0 Å². The summed E-state index contributed by atoms with van der Waals surface area (Å²) in [6.45, 7) is 0.665. The Labute approximate surface area is 157 Å². The third kappa shape index (κ3) is 3.35. The Morgan fingerprint density at radius 1 is 1.15 bits per heavy atom. The topological polar surface area (TPSA) is 92.3 Å². The first-order chi connectivity index (χ1) is 12.6. The van der Waals surface area contributed by atoms with Crippen LogP contribution in [0, 0.1) is 5.92 Å². The van der Waals surface area contributed by atoms with Gasteiger partial charge in [0.05, 0.1) is 17.6 Å². The van der Waals surface area contributed by atoms with Crippen LogP contribution in [0.4, 0.5) is 0 Å². The standard InChI is InChI=1S/C17H22N4O3S2/c22-17(18-13-6-1-2-7-13)12-5-4-10-21(11-12)26(23,24)15-9-3-8-14-16(15)20-25-19-14/h3,8-9,12-13H,1-2,4-7,10-11H2,(H,18,22)/t12-/m0/s1. The van der Waals surface area contributed by atoms with Gasteiger partial charge in [0.2, 0.25) is 15.9 Å². The molecule has 1 aliphatic heterocycles. The first-order valence-corrected chi connectivity index (χ1v) is 11.2. The Morgan fingerprint density at radius 3 is 2.77 bits per heavy atom. The molecule has 2 aromatic rings. The molecule has 7 nitrogen and oxygen atoms in total. The molecule has 1 N–H and O–H groups in total. The molecule has 2 fully saturated rings. The molecule has 0 spiro atoms. The average Bonchev–Trinajstić information content (AvgIpc) is 3.32. The second kappa shape index (κ2) is 7.21. The normalized spacial score (nSPS) is 22.7. The number of nitrogens with zero attached hydrogens (tertiary/aromatic N) is 3. The molecule has 2 aliphatic rings. The van der Waals surface area contributed by atoms with Gasteiger partial charge in [-0.3, -0.25) is 4.79 Å². The van der Waals surface area contributed by atoms with E-state index in [4.69, 9.17) is 0 Å². The van der Waals surface area contributed by atoms with E-state index in [1.807, 2.05) is 0 Å². The molecule has 0 unspecified atom stereocenters. The van der Waals surface area contributed by atoms with E-state index in [2.05, 4.69) is 14.1 Å². The third-order valence-corrected chi connectivity index (χ3v) is 7.76. The van der Waals surface area contributed by atoms with Crippen LogP contribution in [-0.4, -0.2) is 46.5 Å². The minimum Gasteiger partial charge on any atom is -0.353 e. The SMILES string of the molecule is O=C(NC1CCCC1)[C@H]1CCCN(S(=O)(=O)c2cccc3nsnc23)C1. The Kier molecular flexibility index (Phi) is 4.94. The highest BCUT2D eigenvalue weighted by Crippen LogP contribution is 2.28. The number of aromatic nitrogens is 2. The zero-order chi connectivity index (χ0) is 18.1. The van der Waals surface area contributed by atoms with Crippen molar-refractivity contribution >= 4 is 38.7 Å². The van der Waals surface area contributed by atoms with Crippen LogP contribution >= 0.6 is 11.7 Å². The van der Waals surface area contributed by atoms with Crippen molar-refractivity contribution in [3.05, 3.63) is 18.2 Å². The molecule has 1 aromatic carbocycles. The molecule has 1 saturated carbocycles. The fraction of sp³-hybridized carbons (Fsp3) is 0.588. The smallest absolute Gasteiger partial charge is 0.245 e.